The second kappa shape index (κ2) is 14.4. The van der Waals surface area contributed by atoms with Gasteiger partial charge in [-0.25, -0.2) is 4.79 Å². The van der Waals surface area contributed by atoms with E-state index in [2.05, 4.69) is 0 Å². The van der Waals surface area contributed by atoms with E-state index in [1.165, 1.54) is 7.11 Å². The zero-order chi connectivity index (χ0) is 21.3. The number of carbonyl (C=O) groups is 2. The Bertz CT molecular complexity index is 765. The minimum atomic E-state index is -2.62. The van der Waals surface area contributed by atoms with Crippen molar-refractivity contribution in [3.8, 4) is 0 Å². The molecule has 0 fully saturated rings. The van der Waals surface area contributed by atoms with Gasteiger partial charge in [0.15, 0.2) is 0 Å². The SMILES string of the molecule is COC(=O)[C@@H](C)N(C(=O)Cc1ccccc1)c1c(C)cccc1C.OP(O)O.[K]. The molecule has 2 aromatic rings. The first-order chi connectivity index (χ1) is 13.2. The quantitative estimate of drug-likeness (QED) is 0.370. The molecule has 1 radical (unpaired) electrons. The molecule has 0 aliphatic rings. The van der Waals surface area contributed by atoms with Crippen LogP contribution in [-0.4, -0.2) is 91.1 Å². The van der Waals surface area contributed by atoms with E-state index in [0.29, 0.717) is 0 Å². The molecular formula is C20H26KNO6P. The normalized spacial score (nSPS) is 10.9. The van der Waals surface area contributed by atoms with E-state index < -0.39 is 20.6 Å². The van der Waals surface area contributed by atoms with Crippen molar-refractivity contribution in [2.75, 3.05) is 12.0 Å². The molecule has 0 unspecified atom stereocenters. The van der Waals surface area contributed by atoms with Gasteiger partial charge in [-0.3, -0.25) is 9.69 Å². The van der Waals surface area contributed by atoms with Crippen LogP contribution in [0.5, 0.6) is 0 Å². The molecule has 7 nitrogen and oxygen atoms in total. The van der Waals surface area contributed by atoms with E-state index in [1.807, 2.05) is 62.4 Å². The van der Waals surface area contributed by atoms with Crippen LogP contribution < -0.4 is 4.90 Å². The zero-order valence-corrected chi connectivity index (χ0v) is 21.4. The van der Waals surface area contributed by atoms with Crippen LogP contribution in [0.3, 0.4) is 0 Å². The van der Waals surface area contributed by atoms with E-state index in [1.54, 1.807) is 11.8 Å². The number of nitrogens with zero attached hydrogens (tertiary/aromatic N) is 1. The van der Waals surface area contributed by atoms with Crippen LogP contribution in [-0.2, 0) is 20.7 Å². The fraction of sp³-hybridized carbons (Fsp3) is 0.300. The van der Waals surface area contributed by atoms with Gasteiger partial charge in [0, 0.05) is 51.4 Å². The summed E-state index contributed by atoms with van der Waals surface area (Å²) >= 11 is 0. The summed E-state index contributed by atoms with van der Waals surface area (Å²) in [7, 11) is -1.28. The molecule has 153 valence electrons. The third kappa shape index (κ3) is 9.34. The number of benzene rings is 2. The van der Waals surface area contributed by atoms with Gasteiger partial charge in [-0.1, -0.05) is 48.5 Å². The van der Waals surface area contributed by atoms with Gasteiger partial charge in [0.1, 0.15) is 6.04 Å². The average molecular weight is 447 g/mol. The fourth-order valence-corrected chi connectivity index (χ4v) is 2.85. The number of methoxy groups -OCH3 is 1. The molecule has 0 aliphatic heterocycles. The monoisotopic (exact) mass is 446 g/mol. The van der Waals surface area contributed by atoms with Crippen molar-refractivity contribution in [1.82, 2.24) is 0 Å². The zero-order valence-electron chi connectivity index (χ0n) is 17.4. The van der Waals surface area contributed by atoms with Crippen molar-refractivity contribution in [3.05, 3.63) is 65.2 Å². The van der Waals surface area contributed by atoms with Crippen molar-refractivity contribution in [2.45, 2.75) is 33.2 Å². The molecule has 0 heterocycles. The molecular weight excluding hydrogens is 420 g/mol. The predicted octanol–water partition coefficient (Wildman–Crippen LogP) is 2.25. The molecule has 1 atom stereocenters. The standard InChI is InChI=1S/C20H23NO3.K.H3O3P/c1-14-9-8-10-15(2)19(14)21(16(3)20(23)24-4)18(22)13-17-11-6-5-7-12-17;;1-4(2)3/h5-12,16H,13H2,1-4H3;;1-3H/t16-;;/m1../s1. The Labute approximate surface area is 215 Å². The molecule has 0 saturated heterocycles. The van der Waals surface area contributed by atoms with E-state index in [-0.39, 0.29) is 63.7 Å². The Morgan fingerprint density at radius 3 is 1.93 bits per heavy atom. The first kappa shape index (κ1) is 28.3. The maximum atomic E-state index is 13.0. The Kier molecular flexibility index (Phi) is 14.0. The first-order valence-corrected chi connectivity index (χ1v) is 9.75. The summed E-state index contributed by atoms with van der Waals surface area (Å²) in [6, 6.07) is 14.7. The number of para-hydroxylation sites is 1. The van der Waals surface area contributed by atoms with Gasteiger partial charge in [-0.2, -0.15) is 0 Å². The molecule has 1 amide bonds. The summed E-state index contributed by atoms with van der Waals surface area (Å²) in [6.07, 6.45) is 0.232. The number of anilines is 1. The van der Waals surface area contributed by atoms with E-state index >= 15 is 0 Å². The third-order valence-electron chi connectivity index (χ3n) is 4.08. The molecule has 0 spiro atoms. The van der Waals surface area contributed by atoms with Gasteiger partial charge in [-0.05, 0) is 37.5 Å². The smallest absolute Gasteiger partial charge is 0.328 e. The second-order valence-corrected chi connectivity index (χ2v) is 6.67. The van der Waals surface area contributed by atoms with Crippen LogP contribution in [0.4, 0.5) is 5.69 Å². The van der Waals surface area contributed by atoms with Crippen molar-refractivity contribution in [1.29, 1.82) is 0 Å². The largest absolute Gasteiger partial charge is 0.467 e. The molecule has 0 aliphatic carbocycles. The third-order valence-corrected chi connectivity index (χ3v) is 4.08. The molecule has 2 rings (SSSR count). The second-order valence-electron chi connectivity index (χ2n) is 6.13. The predicted molar refractivity (Wildman–Crippen MR) is 114 cm³/mol. The Morgan fingerprint density at radius 2 is 1.48 bits per heavy atom. The molecule has 0 aromatic heterocycles. The van der Waals surface area contributed by atoms with Crippen LogP contribution >= 0.6 is 8.60 Å². The minimum absolute atomic E-state index is 0. The minimum Gasteiger partial charge on any atom is -0.467 e. The summed E-state index contributed by atoms with van der Waals surface area (Å²) in [4.78, 5) is 48.3. The van der Waals surface area contributed by atoms with Gasteiger partial charge in [0.25, 0.3) is 0 Å². The first-order valence-electron chi connectivity index (χ1n) is 8.55. The van der Waals surface area contributed by atoms with Crippen molar-refractivity contribution in [3.63, 3.8) is 0 Å². The van der Waals surface area contributed by atoms with Crippen LogP contribution in [0, 0.1) is 13.8 Å². The van der Waals surface area contributed by atoms with Crippen LogP contribution in [0.2, 0.25) is 0 Å². The van der Waals surface area contributed by atoms with Gasteiger partial charge >= 0.3 is 14.6 Å². The van der Waals surface area contributed by atoms with E-state index in [4.69, 9.17) is 19.4 Å². The molecule has 29 heavy (non-hydrogen) atoms. The van der Waals surface area contributed by atoms with Crippen LogP contribution in [0.15, 0.2) is 48.5 Å². The van der Waals surface area contributed by atoms with Crippen molar-refractivity contribution < 1.29 is 29.0 Å². The maximum Gasteiger partial charge on any atom is 0.328 e. The Morgan fingerprint density at radius 1 is 1.00 bits per heavy atom. The summed E-state index contributed by atoms with van der Waals surface area (Å²) in [5, 5.41) is 0. The number of hydrogen-bond donors (Lipinski definition) is 3. The van der Waals surface area contributed by atoms with E-state index in [0.717, 1.165) is 22.4 Å². The number of amides is 1. The summed E-state index contributed by atoms with van der Waals surface area (Å²) in [6.45, 7) is 5.57. The molecule has 2 aromatic carbocycles. The fourth-order valence-electron chi connectivity index (χ4n) is 2.85. The number of aryl methyl sites for hydroxylation is 2. The molecule has 0 saturated carbocycles. The van der Waals surface area contributed by atoms with Crippen molar-refractivity contribution >= 4 is 77.6 Å². The number of rotatable bonds is 5. The summed E-state index contributed by atoms with van der Waals surface area (Å²) < 4.78 is 4.86. The van der Waals surface area contributed by atoms with Crippen molar-refractivity contribution in [2.24, 2.45) is 0 Å². The number of ether oxygens (including phenoxy) is 1. The number of carbonyl (C=O) groups excluding carboxylic acids is 2. The number of hydrogen-bond acceptors (Lipinski definition) is 6. The average Bonchev–Trinajstić information content (AvgIpc) is 2.64. The number of esters is 1. The van der Waals surface area contributed by atoms with Crippen LogP contribution in [0.25, 0.3) is 0 Å². The molecule has 3 N–H and O–H groups in total. The summed E-state index contributed by atoms with van der Waals surface area (Å²) in [5.74, 6) is -0.560. The van der Waals surface area contributed by atoms with Crippen LogP contribution in [0.1, 0.15) is 23.6 Å². The molecule has 9 heteroatoms. The van der Waals surface area contributed by atoms with Gasteiger partial charge in [-0.15, -0.1) is 0 Å². The Hall–Kier alpha value is -0.674. The molecule has 0 bridgehead atoms. The van der Waals surface area contributed by atoms with Gasteiger partial charge < -0.3 is 19.4 Å². The summed E-state index contributed by atoms with van der Waals surface area (Å²) in [5.41, 5.74) is 3.59. The topological polar surface area (TPSA) is 107 Å². The Balaban J connectivity index is 0.00000143. The maximum absolute atomic E-state index is 13.0. The van der Waals surface area contributed by atoms with E-state index in [9.17, 15) is 9.59 Å². The van der Waals surface area contributed by atoms with Gasteiger partial charge in [0.05, 0.1) is 19.2 Å². The van der Waals surface area contributed by atoms with Gasteiger partial charge in [0.2, 0.25) is 5.91 Å².